The molecule has 0 unspecified atom stereocenters. The van der Waals surface area contributed by atoms with Gasteiger partial charge in [0.1, 0.15) is 0 Å². The number of hydrogen-bond donors (Lipinski definition) is 0. The normalized spacial score (nSPS) is 11.3. The lowest BCUT2D eigenvalue weighted by molar-refractivity contribution is 1.17. The second-order valence-corrected chi connectivity index (χ2v) is 13.6. The van der Waals surface area contributed by atoms with Crippen molar-refractivity contribution in [3.8, 4) is 50.8 Å². The van der Waals surface area contributed by atoms with Crippen LogP contribution in [0.3, 0.4) is 0 Å². The van der Waals surface area contributed by atoms with Gasteiger partial charge in [0.15, 0.2) is 5.69 Å². The number of nitrogens with zero attached hydrogens (tertiary/aromatic N) is 4. The third kappa shape index (κ3) is 4.90. The fourth-order valence-electron chi connectivity index (χ4n) is 8.11. The molecule has 54 heavy (non-hydrogen) atoms. The Hall–Kier alpha value is -7.66. The zero-order valence-electron chi connectivity index (χ0n) is 29.1. The SMILES string of the molecule is [C-]#[N+]c1cc(C#N)ccc1-c1cc(-n2c3ccc(-c4ccccc4)cc3c3cc(-c4ccccc4)ccc32)cc2c3ccccc3n(-c3ccccc3)c12. The van der Waals surface area contributed by atoms with Crippen LogP contribution >= 0.6 is 0 Å². The molecule has 0 aliphatic rings. The summed E-state index contributed by atoms with van der Waals surface area (Å²) >= 11 is 0. The molecule has 2 aromatic heterocycles. The molecule has 0 amide bonds. The summed E-state index contributed by atoms with van der Waals surface area (Å²) in [5.74, 6) is 0. The van der Waals surface area contributed by atoms with E-state index < -0.39 is 0 Å². The van der Waals surface area contributed by atoms with Crippen LogP contribution in [-0.2, 0) is 0 Å². The second-order valence-electron chi connectivity index (χ2n) is 13.6. The molecule has 250 valence electrons. The number of para-hydroxylation sites is 2. The third-order valence-electron chi connectivity index (χ3n) is 10.5. The van der Waals surface area contributed by atoms with Gasteiger partial charge in [-0.3, -0.25) is 0 Å². The molecule has 0 saturated heterocycles. The van der Waals surface area contributed by atoms with E-state index in [1.54, 1.807) is 6.07 Å². The molecule has 4 nitrogen and oxygen atoms in total. The van der Waals surface area contributed by atoms with E-state index in [-0.39, 0.29) is 0 Å². The van der Waals surface area contributed by atoms with Crippen LogP contribution in [0.5, 0.6) is 0 Å². The molecule has 10 rings (SSSR count). The van der Waals surface area contributed by atoms with Gasteiger partial charge in [0, 0.05) is 38.5 Å². The van der Waals surface area contributed by atoms with E-state index in [0.717, 1.165) is 77.2 Å². The fourth-order valence-corrected chi connectivity index (χ4v) is 8.11. The van der Waals surface area contributed by atoms with Crippen LogP contribution in [0, 0.1) is 17.9 Å². The first kappa shape index (κ1) is 31.1. The highest BCUT2D eigenvalue weighted by molar-refractivity contribution is 6.17. The van der Waals surface area contributed by atoms with Gasteiger partial charge < -0.3 is 9.13 Å². The lowest BCUT2D eigenvalue weighted by atomic mass is 9.98. The Morgan fingerprint density at radius 3 is 1.61 bits per heavy atom. The molecule has 0 atom stereocenters. The van der Waals surface area contributed by atoms with Crippen molar-refractivity contribution < 1.29 is 0 Å². The van der Waals surface area contributed by atoms with Crippen LogP contribution in [0.2, 0.25) is 0 Å². The number of hydrogen-bond acceptors (Lipinski definition) is 1. The van der Waals surface area contributed by atoms with Gasteiger partial charge in [0.25, 0.3) is 0 Å². The first-order chi connectivity index (χ1) is 26.7. The molecule has 0 radical (unpaired) electrons. The van der Waals surface area contributed by atoms with Crippen molar-refractivity contribution in [2.45, 2.75) is 0 Å². The molecule has 0 saturated carbocycles. The predicted octanol–water partition coefficient (Wildman–Crippen LogP) is 13.3. The lowest BCUT2D eigenvalue weighted by Gasteiger charge is -2.16. The average molecular weight is 687 g/mol. The molecule has 4 heteroatoms. The van der Waals surface area contributed by atoms with Gasteiger partial charge in [0.2, 0.25) is 0 Å². The minimum absolute atomic E-state index is 0.444. The Kier molecular flexibility index (Phi) is 7.22. The number of fused-ring (bicyclic) bond motifs is 6. The van der Waals surface area contributed by atoms with Crippen molar-refractivity contribution in [2.24, 2.45) is 0 Å². The molecular weight excluding hydrogens is 657 g/mol. The summed E-state index contributed by atoms with van der Waals surface area (Å²) in [6.45, 7) is 8.23. The van der Waals surface area contributed by atoms with Crippen molar-refractivity contribution in [1.82, 2.24) is 9.13 Å². The Labute approximate surface area is 312 Å². The van der Waals surface area contributed by atoms with E-state index in [4.69, 9.17) is 6.57 Å². The first-order valence-corrected chi connectivity index (χ1v) is 17.9. The minimum Gasteiger partial charge on any atom is -0.309 e. The van der Waals surface area contributed by atoms with Crippen molar-refractivity contribution in [1.29, 1.82) is 5.26 Å². The summed E-state index contributed by atoms with van der Waals surface area (Å²) in [7, 11) is 0. The molecule has 10 aromatic rings. The monoisotopic (exact) mass is 686 g/mol. The van der Waals surface area contributed by atoms with Gasteiger partial charge in [-0.2, -0.15) is 5.26 Å². The molecule has 0 spiro atoms. The van der Waals surface area contributed by atoms with Crippen LogP contribution in [0.1, 0.15) is 5.56 Å². The highest BCUT2D eigenvalue weighted by Crippen LogP contribution is 2.45. The quantitative estimate of drug-likeness (QED) is 0.166. The highest BCUT2D eigenvalue weighted by atomic mass is 15.0. The Morgan fingerprint density at radius 1 is 0.426 bits per heavy atom. The largest absolute Gasteiger partial charge is 0.309 e. The number of benzene rings is 8. The van der Waals surface area contributed by atoms with Crippen LogP contribution in [0.4, 0.5) is 5.69 Å². The van der Waals surface area contributed by atoms with Crippen LogP contribution < -0.4 is 0 Å². The van der Waals surface area contributed by atoms with Crippen molar-refractivity contribution in [3.05, 3.63) is 199 Å². The maximum absolute atomic E-state index is 9.77. The second kappa shape index (κ2) is 12.5. The molecule has 8 aromatic carbocycles. The van der Waals surface area contributed by atoms with Gasteiger partial charge in [-0.1, -0.05) is 115 Å². The molecule has 0 aliphatic carbocycles. The summed E-state index contributed by atoms with van der Waals surface area (Å²) in [6, 6.07) is 65.7. The van der Waals surface area contributed by atoms with Crippen molar-refractivity contribution in [2.75, 3.05) is 0 Å². The Bertz CT molecular complexity index is 3060. The molecule has 2 heterocycles. The van der Waals surface area contributed by atoms with Crippen LogP contribution in [0.25, 0.3) is 93.2 Å². The summed E-state index contributed by atoms with van der Waals surface area (Å²) in [5, 5.41) is 14.3. The topological polar surface area (TPSA) is 38.0 Å². The Balaban J connectivity index is 1.34. The fraction of sp³-hybridized carbons (Fsp3) is 0. The standard InChI is InChI=1S/C50H30N4/c1-52-46-27-33(32-51)21-24-40(46)44-30-39(31-45-41-19-11-12-20-47(41)54(50(44)45)38-17-9-4-10-18-38)53-48-25-22-36(34-13-5-2-6-14-34)28-42(48)43-29-37(23-26-49(43)53)35-15-7-3-8-16-35/h2-31H. The molecule has 0 N–H and O–H groups in total. The molecular formula is C50H30N4. The summed E-state index contributed by atoms with van der Waals surface area (Å²) in [5.41, 5.74) is 13.6. The predicted molar refractivity (Wildman–Crippen MR) is 222 cm³/mol. The van der Waals surface area contributed by atoms with Crippen molar-refractivity contribution >= 4 is 49.3 Å². The maximum atomic E-state index is 9.77. The first-order valence-electron chi connectivity index (χ1n) is 17.9. The average Bonchev–Trinajstić information content (AvgIpc) is 3.76. The van der Waals surface area contributed by atoms with E-state index in [1.807, 2.05) is 18.2 Å². The summed E-state index contributed by atoms with van der Waals surface area (Å²) in [4.78, 5) is 3.97. The van der Waals surface area contributed by atoms with Crippen molar-refractivity contribution in [3.63, 3.8) is 0 Å². The Morgan fingerprint density at radius 2 is 1.00 bits per heavy atom. The van der Waals surface area contributed by atoms with E-state index >= 15 is 0 Å². The summed E-state index contributed by atoms with van der Waals surface area (Å²) < 4.78 is 4.67. The van der Waals surface area contributed by atoms with E-state index in [2.05, 4.69) is 178 Å². The highest BCUT2D eigenvalue weighted by Gasteiger charge is 2.22. The van der Waals surface area contributed by atoms with Gasteiger partial charge in [0.05, 0.1) is 34.7 Å². The summed E-state index contributed by atoms with van der Waals surface area (Å²) in [6.07, 6.45) is 0. The van der Waals surface area contributed by atoms with Gasteiger partial charge in [-0.05, 0) is 100 Å². The maximum Gasteiger partial charge on any atom is 0.196 e. The van der Waals surface area contributed by atoms with Gasteiger partial charge in [-0.25, -0.2) is 4.85 Å². The zero-order chi connectivity index (χ0) is 36.2. The van der Waals surface area contributed by atoms with E-state index in [1.165, 1.54) is 11.1 Å². The molecule has 0 fully saturated rings. The minimum atomic E-state index is 0.444. The number of nitriles is 1. The van der Waals surface area contributed by atoms with Gasteiger partial charge in [-0.15, -0.1) is 0 Å². The lowest BCUT2D eigenvalue weighted by Crippen LogP contribution is -1.99. The zero-order valence-corrected chi connectivity index (χ0v) is 29.1. The number of aromatic nitrogens is 2. The van der Waals surface area contributed by atoms with Crippen LogP contribution in [-0.4, -0.2) is 9.13 Å². The van der Waals surface area contributed by atoms with E-state index in [9.17, 15) is 5.26 Å². The molecule has 0 bridgehead atoms. The smallest absolute Gasteiger partial charge is 0.196 e. The van der Waals surface area contributed by atoms with E-state index in [0.29, 0.717) is 11.3 Å². The molecule has 0 aliphatic heterocycles. The third-order valence-corrected chi connectivity index (χ3v) is 10.5. The number of rotatable bonds is 5. The van der Waals surface area contributed by atoms with Gasteiger partial charge >= 0.3 is 0 Å². The van der Waals surface area contributed by atoms with Crippen LogP contribution in [0.15, 0.2) is 182 Å².